The van der Waals surface area contributed by atoms with Crippen LogP contribution in [-0.2, 0) is 0 Å². The quantitative estimate of drug-likeness (QED) is 0.340. The number of pyridine rings is 1. The third kappa shape index (κ3) is 3.82. The molecular formula is C21H14BrN3OS. The summed E-state index contributed by atoms with van der Waals surface area (Å²) < 4.78 is 0.950. The van der Waals surface area contributed by atoms with Crippen LogP contribution in [0.2, 0.25) is 0 Å². The predicted molar refractivity (Wildman–Crippen MR) is 114 cm³/mol. The van der Waals surface area contributed by atoms with Gasteiger partial charge in [-0.25, -0.2) is 10.4 Å². The lowest BCUT2D eigenvalue weighted by Gasteiger charge is -2.09. The van der Waals surface area contributed by atoms with Gasteiger partial charge in [0.05, 0.1) is 27.9 Å². The van der Waals surface area contributed by atoms with Gasteiger partial charge in [0, 0.05) is 15.4 Å². The van der Waals surface area contributed by atoms with Crippen molar-refractivity contribution in [1.82, 2.24) is 10.4 Å². The number of hydrogen-bond donors (Lipinski definition) is 1. The maximum absolute atomic E-state index is 12.8. The molecule has 2 aromatic carbocycles. The molecule has 0 radical (unpaired) electrons. The zero-order chi connectivity index (χ0) is 18.6. The first-order valence-corrected chi connectivity index (χ1v) is 9.91. The molecule has 2 heterocycles. The highest BCUT2D eigenvalue weighted by Gasteiger charge is 2.13. The van der Waals surface area contributed by atoms with Gasteiger partial charge >= 0.3 is 0 Å². The summed E-state index contributed by atoms with van der Waals surface area (Å²) in [5, 5.41) is 6.84. The van der Waals surface area contributed by atoms with Crippen LogP contribution in [0.15, 0.2) is 81.7 Å². The minimum atomic E-state index is -0.269. The Labute approximate surface area is 168 Å². The Hall–Kier alpha value is -2.83. The van der Waals surface area contributed by atoms with Gasteiger partial charge in [-0.05, 0) is 39.5 Å². The summed E-state index contributed by atoms with van der Waals surface area (Å²) in [5.74, 6) is -0.269. The lowest BCUT2D eigenvalue weighted by atomic mass is 10.0. The lowest BCUT2D eigenvalue weighted by Crippen LogP contribution is -2.18. The Morgan fingerprint density at radius 1 is 1.07 bits per heavy atom. The van der Waals surface area contributed by atoms with Crippen molar-refractivity contribution in [2.24, 2.45) is 5.10 Å². The van der Waals surface area contributed by atoms with Crippen molar-refractivity contribution >= 4 is 50.3 Å². The van der Waals surface area contributed by atoms with E-state index < -0.39 is 0 Å². The number of halogens is 1. The molecule has 0 saturated carbocycles. The third-order valence-electron chi connectivity index (χ3n) is 4.02. The molecule has 2 aromatic heterocycles. The first-order valence-electron chi connectivity index (χ1n) is 8.24. The van der Waals surface area contributed by atoms with Crippen molar-refractivity contribution < 1.29 is 4.79 Å². The van der Waals surface area contributed by atoms with Crippen LogP contribution in [0.25, 0.3) is 22.2 Å². The highest BCUT2D eigenvalue weighted by Crippen LogP contribution is 2.25. The minimum Gasteiger partial charge on any atom is -0.267 e. The number of carbonyl (C=O) groups is 1. The van der Waals surface area contributed by atoms with E-state index in [1.165, 1.54) is 0 Å². The van der Waals surface area contributed by atoms with Crippen molar-refractivity contribution in [1.29, 1.82) is 0 Å². The number of hydrazone groups is 1. The second-order valence-electron chi connectivity index (χ2n) is 5.77. The van der Waals surface area contributed by atoms with Crippen LogP contribution in [0.3, 0.4) is 0 Å². The molecule has 4 rings (SSSR count). The van der Waals surface area contributed by atoms with E-state index in [2.05, 4.69) is 26.5 Å². The number of thiophene rings is 1. The second-order valence-corrected chi connectivity index (χ2v) is 7.57. The summed E-state index contributed by atoms with van der Waals surface area (Å²) in [4.78, 5) is 18.4. The molecule has 0 saturated heterocycles. The summed E-state index contributed by atoms with van der Waals surface area (Å²) in [6, 6.07) is 21.2. The van der Waals surface area contributed by atoms with Crippen LogP contribution in [0, 0.1) is 0 Å². The molecule has 1 amide bonds. The predicted octanol–water partition coefficient (Wildman–Crippen LogP) is 5.49. The second kappa shape index (κ2) is 7.82. The van der Waals surface area contributed by atoms with Crippen molar-refractivity contribution in [2.75, 3.05) is 0 Å². The fraction of sp³-hybridized carbons (Fsp3) is 0. The Morgan fingerprint density at radius 2 is 1.85 bits per heavy atom. The van der Waals surface area contributed by atoms with Crippen molar-refractivity contribution in [3.05, 3.63) is 87.0 Å². The van der Waals surface area contributed by atoms with E-state index in [9.17, 15) is 4.79 Å². The molecule has 0 aliphatic carbocycles. The van der Waals surface area contributed by atoms with E-state index in [0.29, 0.717) is 5.56 Å². The fourth-order valence-electron chi connectivity index (χ4n) is 2.73. The summed E-state index contributed by atoms with van der Waals surface area (Å²) in [6.45, 7) is 0. The van der Waals surface area contributed by atoms with Crippen molar-refractivity contribution in [2.45, 2.75) is 0 Å². The molecule has 4 nitrogen and oxygen atoms in total. The molecule has 4 aromatic rings. The molecule has 0 fully saturated rings. The molecule has 6 heteroatoms. The van der Waals surface area contributed by atoms with E-state index in [-0.39, 0.29) is 5.91 Å². The van der Waals surface area contributed by atoms with Crippen molar-refractivity contribution in [3.8, 4) is 11.3 Å². The maximum atomic E-state index is 12.8. The number of rotatable bonds is 4. The zero-order valence-corrected chi connectivity index (χ0v) is 16.5. The van der Waals surface area contributed by atoms with Gasteiger partial charge in [0.15, 0.2) is 0 Å². The van der Waals surface area contributed by atoms with Crippen LogP contribution >= 0.6 is 27.3 Å². The van der Waals surface area contributed by atoms with E-state index in [1.807, 2.05) is 72.1 Å². The summed E-state index contributed by atoms with van der Waals surface area (Å²) in [5.41, 5.74) is 5.65. The lowest BCUT2D eigenvalue weighted by molar-refractivity contribution is 0.0957. The van der Waals surface area contributed by atoms with Gasteiger partial charge < -0.3 is 0 Å². The fourth-order valence-corrected chi connectivity index (χ4v) is 4.06. The topological polar surface area (TPSA) is 54.4 Å². The van der Waals surface area contributed by atoms with E-state index >= 15 is 0 Å². The van der Waals surface area contributed by atoms with Crippen LogP contribution in [0.1, 0.15) is 15.2 Å². The number of para-hydroxylation sites is 1. The number of carbonyl (C=O) groups excluding carboxylic acids is 1. The summed E-state index contributed by atoms with van der Waals surface area (Å²) in [7, 11) is 0. The van der Waals surface area contributed by atoms with Gasteiger partial charge in [-0.15, -0.1) is 11.3 Å². The number of aromatic nitrogens is 1. The van der Waals surface area contributed by atoms with Gasteiger partial charge in [-0.2, -0.15) is 5.10 Å². The summed E-state index contributed by atoms with van der Waals surface area (Å²) in [6.07, 6.45) is 1.63. The van der Waals surface area contributed by atoms with Crippen LogP contribution in [-0.4, -0.2) is 17.1 Å². The van der Waals surface area contributed by atoms with Crippen molar-refractivity contribution in [3.63, 3.8) is 0 Å². The Bertz CT molecular complexity index is 1140. The molecule has 0 unspecified atom stereocenters. The SMILES string of the molecule is O=C(N/N=C/c1sccc1Br)c1cc(-c2ccccc2)nc2ccccc12. The molecule has 27 heavy (non-hydrogen) atoms. The number of amides is 1. The van der Waals surface area contributed by atoms with Gasteiger partial charge in [-0.1, -0.05) is 48.5 Å². The third-order valence-corrected chi connectivity index (χ3v) is 5.83. The molecule has 0 spiro atoms. The number of benzene rings is 2. The van der Waals surface area contributed by atoms with Crippen LogP contribution in [0.5, 0.6) is 0 Å². The molecular weight excluding hydrogens is 422 g/mol. The molecule has 0 atom stereocenters. The number of fused-ring (bicyclic) bond motifs is 1. The van der Waals surface area contributed by atoms with Crippen LogP contribution < -0.4 is 5.43 Å². The molecule has 1 N–H and O–H groups in total. The molecule has 0 aliphatic rings. The average molecular weight is 436 g/mol. The summed E-state index contributed by atoms with van der Waals surface area (Å²) >= 11 is 4.99. The first-order chi connectivity index (χ1) is 13.2. The maximum Gasteiger partial charge on any atom is 0.272 e. The largest absolute Gasteiger partial charge is 0.272 e. The van der Waals surface area contributed by atoms with E-state index in [1.54, 1.807) is 17.6 Å². The van der Waals surface area contributed by atoms with Gasteiger partial charge in [0.25, 0.3) is 5.91 Å². The standard InChI is InChI=1S/C21H14BrN3OS/c22-17-10-11-27-20(17)13-23-25-21(26)16-12-19(14-6-2-1-3-7-14)24-18-9-5-4-8-15(16)18/h1-13H,(H,25,26)/b23-13+. The van der Waals surface area contributed by atoms with Crippen LogP contribution in [0.4, 0.5) is 0 Å². The molecule has 0 bridgehead atoms. The minimum absolute atomic E-state index is 0.269. The number of nitrogens with one attached hydrogen (secondary N) is 1. The van der Waals surface area contributed by atoms with E-state index in [0.717, 1.165) is 31.5 Å². The Morgan fingerprint density at radius 3 is 2.63 bits per heavy atom. The monoisotopic (exact) mass is 435 g/mol. The van der Waals surface area contributed by atoms with Gasteiger partial charge in [0.2, 0.25) is 0 Å². The highest BCUT2D eigenvalue weighted by atomic mass is 79.9. The molecule has 0 aliphatic heterocycles. The first kappa shape index (κ1) is 17.6. The Balaban J connectivity index is 1.70. The smallest absolute Gasteiger partial charge is 0.267 e. The highest BCUT2D eigenvalue weighted by molar-refractivity contribution is 9.10. The normalized spacial score (nSPS) is 11.1. The molecule has 132 valence electrons. The van der Waals surface area contributed by atoms with Gasteiger partial charge in [0.1, 0.15) is 0 Å². The van der Waals surface area contributed by atoms with E-state index in [4.69, 9.17) is 4.98 Å². The average Bonchev–Trinajstić information content (AvgIpc) is 3.12. The Kier molecular flexibility index (Phi) is 5.09. The van der Waals surface area contributed by atoms with Gasteiger partial charge in [-0.3, -0.25) is 4.79 Å². The number of nitrogens with zero attached hydrogens (tertiary/aromatic N) is 2. The number of hydrogen-bond acceptors (Lipinski definition) is 4. The zero-order valence-electron chi connectivity index (χ0n) is 14.1.